The summed E-state index contributed by atoms with van der Waals surface area (Å²) in [4.78, 5) is 43.1. The topological polar surface area (TPSA) is 157 Å². The summed E-state index contributed by atoms with van der Waals surface area (Å²) in [6, 6.07) is 3.32. The van der Waals surface area contributed by atoms with Crippen LogP contribution in [0.1, 0.15) is 59.4 Å². The van der Waals surface area contributed by atoms with Crippen molar-refractivity contribution >= 4 is 17.7 Å². The van der Waals surface area contributed by atoms with Crippen LogP contribution >= 0.6 is 0 Å². The van der Waals surface area contributed by atoms with Gasteiger partial charge in [0.2, 0.25) is 11.5 Å². The van der Waals surface area contributed by atoms with Crippen LogP contribution in [-0.4, -0.2) is 61.7 Å². The van der Waals surface area contributed by atoms with Gasteiger partial charge in [0.25, 0.3) is 11.8 Å². The molecule has 5 rings (SSSR count). The fraction of sp³-hybridized carbons (Fsp3) is 0.458. The van der Waals surface area contributed by atoms with E-state index in [0.29, 0.717) is 42.0 Å². The van der Waals surface area contributed by atoms with Gasteiger partial charge in [-0.25, -0.2) is 9.67 Å². The number of carbonyl (C=O) groups excluding carboxylic acids is 3. The molecule has 2 fully saturated rings. The third-order valence-electron chi connectivity index (χ3n) is 7.24. The van der Waals surface area contributed by atoms with Crippen molar-refractivity contribution in [1.82, 2.24) is 19.7 Å². The number of carbonyl (C=O) groups is 3. The zero-order valence-electron chi connectivity index (χ0n) is 18.9. The molecule has 1 aliphatic heterocycles. The number of hydrogen-bond donors (Lipinski definition) is 3. The first kappa shape index (κ1) is 22.1. The molecule has 3 amide bonds. The number of aromatic nitrogens is 3. The van der Waals surface area contributed by atoms with Gasteiger partial charge in [0, 0.05) is 37.3 Å². The van der Waals surface area contributed by atoms with Crippen LogP contribution in [0.3, 0.4) is 0 Å². The average Bonchev–Trinajstić information content (AvgIpc) is 3.55. The molecule has 0 unspecified atom stereocenters. The molecule has 176 valence electrons. The van der Waals surface area contributed by atoms with Crippen LogP contribution in [0, 0.1) is 17.8 Å². The molecule has 0 aromatic carbocycles. The van der Waals surface area contributed by atoms with E-state index in [9.17, 15) is 19.5 Å². The van der Waals surface area contributed by atoms with Crippen molar-refractivity contribution in [3.8, 4) is 17.7 Å². The SMILES string of the molecule is CN1CC[C@@](O)(C#Cc2ccnc(-n3nc(C(N)=O)c4c3CCC[C@]4(C(N)=O)C3CC3)c2)C1=O. The quantitative estimate of drug-likeness (QED) is 0.533. The maximum absolute atomic E-state index is 12.7. The molecular formula is C24H26N6O4. The minimum atomic E-state index is -1.71. The van der Waals surface area contributed by atoms with Gasteiger partial charge in [-0.1, -0.05) is 11.8 Å². The summed E-state index contributed by atoms with van der Waals surface area (Å²) in [6.45, 7) is 0.434. The minimum Gasteiger partial charge on any atom is -0.369 e. The lowest BCUT2D eigenvalue weighted by atomic mass is 9.67. The highest BCUT2D eigenvalue weighted by molar-refractivity contribution is 5.98. The van der Waals surface area contributed by atoms with Crippen LogP contribution < -0.4 is 11.5 Å². The third kappa shape index (κ3) is 3.27. The molecule has 0 radical (unpaired) electrons. The van der Waals surface area contributed by atoms with Crippen molar-refractivity contribution in [1.29, 1.82) is 0 Å². The lowest BCUT2D eigenvalue weighted by Crippen LogP contribution is -2.46. The summed E-state index contributed by atoms with van der Waals surface area (Å²) in [7, 11) is 1.62. The molecule has 2 atom stereocenters. The predicted molar refractivity (Wildman–Crippen MR) is 120 cm³/mol. The van der Waals surface area contributed by atoms with Crippen LogP contribution in [0.25, 0.3) is 5.82 Å². The molecule has 0 spiro atoms. The Hall–Kier alpha value is -3.71. The van der Waals surface area contributed by atoms with E-state index < -0.39 is 28.7 Å². The summed E-state index contributed by atoms with van der Waals surface area (Å²) in [5.74, 6) is 4.43. The Balaban J connectivity index is 1.60. The molecule has 10 heteroatoms. The highest BCUT2D eigenvalue weighted by Crippen LogP contribution is 2.54. The maximum atomic E-state index is 12.7. The molecule has 2 aromatic heterocycles. The van der Waals surface area contributed by atoms with Crippen molar-refractivity contribution in [3.05, 3.63) is 40.8 Å². The Kier molecular flexibility index (Phi) is 4.98. The molecule has 2 aliphatic carbocycles. The summed E-state index contributed by atoms with van der Waals surface area (Å²) in [5.41, 5.74) is 10.7. The summed E-state index contributed by atoms with van der Waals surface area (Å²) >= 11 is 0. The van der Waals surface area contributed by atoms with E-state index in [0.717, 1.165) is 19.3 Å². The van der Waals surface area contributed by atoms with Crippen molar-refractivity contribution < 1.29 is 19.5 Å². The maximum Gasteiger partial charge on any atom is 0.269 e. The van der Waals surface area contributed by atoms with Crippen molar-refractivity contribution in [2.45, 2.75) is 49.5 Å². The number of primary amides is 2. The van der Waals surface area contributed by atoms with Crippen LogP contribution in [-0.2, 0) is 21.4 Å². The fourth-order valence-corrected chi connectivity index (χ4v) is 5.36. The normalized spacial score (nSPS) is 26.1. The number of fused-ring (bicyclic) bond motifs is 1. The number of likely N-dealkylation sites (tertiary alicyclic amines) is 1. The first-order chi connectivity index (χ1) is 16.2. The smallest absolute Gasteiger partial charge is 0.269 e. The summed E-state index contributed by atoms with van der Waals surface area (Å²) in [5, 5.41) is 15.1. The number of likely N-dealkylation sites (N-methyl/N-ethyl adjacent to an activating group) is 1. The second-order valence-corrected chi connectivity index (χ2v) is 9.40. The number of nitrogens with zero attached hydrogens (tertiary/aromatic N) is 4. The standard InChI is InChI=1S/C24H26N6O4/c1-29-12-10-23(34,22(29)33)9-6-14-7-11-27-17(13-14)30-16-3-2-8-24(21(26)32,15-4-5-15)18(16)19(28-30)20(25)31/h7,11,13,15,34H,2-5,8,10,12H2,1H3,(H2,25,31)(H2,26,32)/t23-,24-/m0/s1. The van der Waals surface area contributed by atoms with Gasteiger partial charge in [-0.15, -0.1) is 0 Å². The average molecular weight is 463 g/mol. The highest BCUT2D eigenvalue weighted by Gasteiger charge is 2.55. The molecule has 10 nitrogen and oxygen atoms in total. The Morgan fingerprint density at radius 3 is 2.65 bits per heavy atom. The molecule has 0 bridgehead atoms. The molecule has 5 N–H and O–H groups in total. The first-order valence-electron chi connectivity index (χ1n) is 11.4. The molecule has 2 aromatic rings. The molecule has 1 saturated heterocycles. The molecule has 1 saturated carbocycles. The van der Waals surface area contributed by atoms with Crippen molar-refractivity contribution in [3.63, 3.8) is 0 Å². The van der Waals surface area contributed by atoms with Gasteiger partial charge in [0.15, 0.2) is 11.5 Å². The van der Waals surface area contributed by atoms with Gasteiger partial charge in [-0.05, 0) is 50.2 Å². The largest absolute Gasteiger partial charge is 0.369 e. The number of hydrogen-bond acceptors (Lipinski definition) is 6. The van der Waals surface area contributed by atoms with E-state index in [-0.39, 0.29) is 18.0 Å². The van der Waals surface area contributed by atoms with Gasteiger partial charge < -0.3 is 21.5 Å². The second-order valence-electron chi connectivity index (χ2n) is 9.40. The predicted octanol–water partition coefficient (Wildman–Crippen LogP) is -0.220. The van der Waals surface area contributed by atoms with Crippen LogP contribution in [0.5, 0.6) is 0 Å². The Morgan fingerprint density at radius 1 is 1.26 bits per heavy atom. The van der Waals surface area contributed by atoms with Crippen LogP contribution in [0.15, 0.2) is 18.3 Å². The number of nitrogens with two attached hydrogens (primary N) is 2. The zero-order chi connectivity index (χ0) is 24.3. The third-order valence-corrected chi connectivity index (χ3v) is 7.24. The Morgan fingerprint density at radius 2 is 2.03 bits per heavy atom. The van der Waals surface area contributed by atoms with Crippen LogP contribution in [0.2, 0.25) is 0 Å². The lowest BCUT2D eigenvalue weighted by Gasteiger charge is -2.35. The Bertz CT molecular complexity index is 1290. The van der Waals surface area contributed by atoms with Gasteiger partial charge in [0.05, 0.1) is 11.1 Å². The van der Waals surface area contributed by atoms with E-state index in [1.165, 1.54) is 11.1 Å². The van der Waals surface area contributed by atoms with E-state index in [2.05, 4.69) is 21.9 Å². The number of amides is 3. The van der Waals surface area contributed by atoms with E-state index >= 15 is 0 Å². The van der Waals surface area contributed by atoms with Crippen molar-refractivity contribution in [2.24, 2.45) is 17.4 Å². The molecule has 3 heterocycles. The number of aliphatic hydroxyl groups is 1. The van der Waals surface area contributed by atoms with Gasteiger partial charge in [-0.3, -0.25) is 14.4 Å². The van der Waals surface area contributed by atoms with E-state index in [1.54, 1.807) is 23.9 Å². The Labute approximate surface area is 196 Å². The highest BCUT2D eigenvalue weighted by atomic mass is 16.3. The van der Waals surface area contributed by atoms with Gasteiger partial charge >= 0.3 is 0 Å². The van der Waals surface area contributed by atoms with Gasteiger partial charge in [-0.2, -0.15) is 5.10 Å². The van der Waals surface area contributed by atoms with E-state index in [1.807, 2.05) is 0 Å². The van der Waals surface area contributed by atoms with Crippen molar-refractivity contribution in [2.75, 3.05) is 13.6 Å². The summed E-state index contributed by atoms with van der Waals surface area (Å²) in [6.07, 6.45) is 5.38. The van der Waals surface area contributed by atoms with Crippen LogP contribution in [0.4, 0.5) is 0 Å². The number of pyridine rings is 1. The van der Waals surface area contributed by atoms with Gasteiger partial charge in [0.1, 0.15) is 0 Å². The molecule has 34 heavy (non-hydrogen) atoms. The zero-order valence-corrected chi connectivity index (χ0v) is 18.9. The monoisotopic (exact) mass is 462 g/mol. The molecular weight excluding hydrogens is 436 g/mol. The van der Waals surface area contributed by atoms with E-state index in [4.69, 9.17) is 11.5 Å². The second kappa shape index (κ2) is 7.67. The number of rotatable bonds is 4. The molecule has 3 aliphatic rings. The minimum absolute atomic E-state index is 0.0487. The summed E-state index contributed by atoms with van der Waals surface area (Å²) < 4.78 is 1.54. The first-order valence-corrected chi connectivity index (χ1v) is 11.4. The lowest BCUT2D eigenvalue weighted by molar-refractivity contribution is -0.137. The fourth-order valence-electron chi connectivity index (χ4n) is 5.36.